The number of halogens is 3. The summed E-state index contributed by atoms with van der Waals surface area (Å²) < 4.78 is 36.3. The van der Waals surface area contributed by atoms with Crippen LogP contribution in [0.25, 0.3) is 0 Å². The van der Waals surface area contributed by atoms with E-state index in [1.807, 2.05) is 0 Å². The zero-order chi connectivity index (χ0) is 14.6. The quantitative estimate of drug-likeness (QED) is 0.918. The van der Waals surface area contributed by atoms with Crippen LogP contribution in [0.3, 0.4) is 0 Å². The maximum Gasteiger partial charge on any atom is 0.471 e. The van der Waals surface area contributed by atoms with Crippen LogP contribution in [0.1, 0.15) is 12.5 Å². The number of nitrogens with one attached hydrogen (secondary N) is 1. The predicted molar refractivity (Wildman–Crippen MR) is 63.3 cm³/mol. The Morgan fingerprint density at radius 1 is 1.32 bits per heavy atom. The van der Waals surface area contributed by atoms with Crippen molar-refractivity contribution in [3.63, 3.8) is 0 Å². The molecule has 1 aromatic rings. The molecule has 0 aromatic heterocycles. The first-order chi connectivity index (χ1) is 8.70. The third-order valence-corrected chi connectivity index (χ3v) is 2.40. The monoisotopic (exact) mass is 274 g/mol. The summed E-state index contributed by atoms with van der Waals surface area (Å²) in [6, 6.07) is 5.90. The molecule has 1 aromatic carbocycles. The first-order valence-corrected chi connectivity index (χ1v) is 5.39. The highest BCUT2D eigenvalue weighted by Crippen LogP contribution is 2.19. The second-order valence-corrected chi connectivity index (χ2v) is 4.03. The third kappa shape index (κ3) is 4.61. The summed E-state index contributed by atoms with van der Waals surface area (Å²) in [6.07, 6.45) is -4.92. The van der Waals surface area contributed by atoms with Gasteiger partial charge in [-0.05, 0) is 17.7 Å². The minimum absolute atomic E-state index is 0.0387. The van der Waals surface area contributed by atoms with E-state index in [4.69, 9.17) is 0 Å². The maximum absolute atomic E-state index is 12.1. The molecule has 0 aliphatic carbocycles. The Balaban J connectivity index is 2.78. The molecule has 0 spiro atoms. The molecule has 0 saturated carbocycles. The number of hydrogen-bond donors (Lipinski definition) is 1. The SMILES string of the molecule is CC(=O)N(C)Cc1cccc(NC(=O)C(F)(F)F)c1. The minimum atomic E-state index is -4.92. The average Bonchev–Trinajstić information content (AvgIpc) is 2.27. The van der Waals surface area contributed by atoms with Gasteiger partial charge >= 0.3 is 12.1 Å². The molecule has 0 unspecified atom stereocenters. The van der Waals surface area contributed by atoms with Crippen molar-refractivity contribution < 1.29 is 22.8 Å². The van der Waals surface area contributed by atoms with Crippen LogP contribution in [0.4, 0.5) is 18.9 Å². The molecule has 104 valence electrons. The molecule has 0 aliphatic heterocycles. The summed E-state index contributed by atoms with van der Waals surface area (Å²) in [6.45, 7) is 1.64. The summed E-state index contributed by atoms with van der Waals surface area (Å²) in [5.74, 6) is -2.19. The van der Waals surface area contributed by atoms with Crippen molar-refractivity contribution in [3.8, 4) is 0 Å². The standard InChI is InChI=1S/C12H13F3N2O2/c1-8(18)17(2)7-9-4-3-5-10(6-9)16-11(19)12(13,14)15/h3-6H,7H2,1-2H3,(H,16,19). The normalized spacial score (nSPS) is 11.0. The number of carbonyl (C=O) groups is 2. The van der Waals surface area contributed by atoms with Crippen molar-refractivity contribution in [2.75, 3.05) is 12.4 Å². The lowest BCUT2D eigenvalue weighted by Gasteiger charge is -2.15. The van der Waals surface area contributed by atoms with E-state index in [1.54, 1.807) is 18.4 Å². The van der Waals surface area contributed by atoms with Crippen LogP contribution in [0.5, 0.6) is 0 Å². The Hall–Kier alpha value is -2.05. The highest BCUT2D eigenvalue weighted by atomic mass is 19.4. The molecule has 2 amide bonds. The number of amides is 2. The van der Waals surface area contributed by atoms with Crippen LogP contribution in [0, 0.1) is 0 Å². The topological polar surface area (TPSA) is 49.4 Å². The van der Waals surface area contributed by atoms with Crippen molar-refractivity contribution in [2.45, 2.75) is 19.6 Å². The Labute approximate surface area is 108 Å². The number of benzene rings is 1. The van der Waals surface area contributed by atoms with E-state index in [2.05, 4.69) is 0 Å². The van der Waals surface area contributed by atoms with Gasteiger partial charge in [-0.1, -0.05) is 12.1 Å². The van der Waals surface area contributed by atoms with Gasteiger partial charge in [0.05, 0.1) is 0 Å². The van der Waals surface area contributed by atoms with Crippen molar-refractivity contribution in [2.24, 2.45) is 0 Å². The molecule has 0 radical (unpaired) electrons. The summed E-state index contributed by atoms with van der Waals surface area (Å²) in [4.78, 5) is 23.2. The van der Waals surface area contributed by atoms with Gasteiger partial charge in [0, 0.05) is 26.2 Å². The van der Waals surface area contributed by atoms with E-state index in [1.165, 1.54) is 30.0 Å². The Kier molecular flexibility index (Phi) is 4.52. The van der Waals surface area contributed by atoms with E-state index in [0.717, 1.165) is 0 Å². The molecule has 1 N–H and O–H groups in total. The Bertz CT molecular complexity index is 486. The number of alkyl halides is 3. The highest BCUT2D eigenvalue weighted by molar-refractivity contribution is 5.94. The molecule has 0 atom stereocenters. The van der Waals surface area contributed by atoms with Crippen LogP contribution in [0.15, 0.2) is 24.3 Å². The van der Waals surface area contributed by atoms with Gasteiger partial charge in [0.1, 0.15) is 0 Å². The van der Waals surface area contributed by atoms with E-state index >= 15 is 0 Å². The summed E-state index contributed by atoms with van der Waals surface area (Å²) >= 11 is 0. The van der Waals surface area contributed by atoms with Crippen LogP contribution >= 0.6 is 0 Å². The van der Waals surface area contributed by atoms with E-state index < -0.39 is 12.1 Å². The molecule has 1 rings (SSSR count). The van der Waals surface area contributed by atoms with Gasteiger partial charge in [-0.2, -0.15) is 13.2 Å². The number of anilines is 1. The van der Waals surface area contributed by atoms with Gasteiger partial charge in [0.15, 0.2) is 0 Å². The van der Waals surface area contributed by atoms with E-state index in [9.17, 15) is 22.8 Å². The summed E-state index contributed by atoms with van der Waals surface area (Å²) in [5, 5.41) is 1.76. The second kappa shape index (κ2) is 5.73. The molecule has 0 aliphatic rings. The van der Waals surface area contributed by atoms with Crippen LogP contribution < -0.4 is 5.32 Å². The van der Waals surface area contributed by atoms with E-state index in [-0.39, 0.29) is 18.1 Å². The lowest BCUT2D eigenvalue weighted by atomic mass is 10.2. The molecule has 0 heterocycles. The average molecular weight is 274 g/mol. The highest BCUT2D eigenvalue weighted by Gasteiger charge is 2.38. The van der Waals surface area contributed by atoms with Gasteiger partial charge in [-0.25, -0.2) is 0 Å². The van der Waals surface area contributed by atoms with Gasteiger partial charge in [-0.3, -0.25) is 9.59 Å². The number of nitrogens with zero attached hydrogens (tertiary/aromatic N) is 1. The summed E-state index contributed by atoms with van der Waals surface area (Å²) in [5.41, 5.74) is 0.662. The van der Waals surface area contributed by atoms with Gasteiger partial charge < -0.3 is 10.2 Å². The first kappa shape index (κ1) is 15.0. The molecule has 4 nitrogen and oxygen atoms in total. The molecular weight excluding hydrogens is 261 g/mol. The molecule has 0 fully saturated rings. The van der Waals surface area contributed by atoms with Crippen LogP contribution in [-0.4, -0.2) is 29.9 Å². The molecular formula is C12H13F3N2O2. The fourth-order valence-corrected chi connectivity index (χ4v) is 1.33. The zero-order valence-electron chi connectivity index (χ0n) is 10.4. The van der Waals surface area contributed by atoms with Crippen LogP contribution in [-0.2, 0) is 16.1 Å². The zero-order valence-corrected chi connectivity index (χ0v) is 10.4. The van der Waals surface area contributed by atoms with Crippen molar-refractivity contribution >= 4 is 17.5 Å². The Morgan fingerprint density at radius 2 is 1.95 bits per heavy atom. The smallest absolute Gasteiger partial charge is 0.342 e. The molecule has 7 heteroatoms. The van der Waals surface area contributed by atoms with Gasteiger partial charge in [-0.15, -0.1) is 0 Å². The predicted octanol–water partition coefficient (Wildman–Crippen LogP) is 2.17. The second-order valence-electron chi connectivity index (χ2n) is 4.03. The van der Waals surface area contributed by atoms with Crippen molar-refractivity contribution in [3.05, 3.63) is 29.8 Å². The van der Waals surface area contributed by atoms with Crippen molar-refractivity contribution in [1.29, 1.82) is 0 Å². The fraction of sp³-hybridized carbons (Fsp3) is 0.333. The summed E-state index contributed by atoms with van der Waals surface area (Å²) in [7, 11) is 1.57. The largest absolute Gasteiger partial charge is 0.471 e. The molecule has 0 bridgehead atoms. The maximum atomic E-state index is 12.1. The van der Waals surface area contributed by atoms with Crippen molar-refractivity contribution in [1.82, 2.24) is 4.90 Å². The Morgan fingerprint density at radius 3 is 2.47 bits per heavy atom. The van der Waals surface area contributed by atoms with Gasteiger partial charge in [0.25, 0.3) is 0 Å². The molecule has 19 heavy (non-hydrogen) atoms. The minimum Gasteiger partial charge on any atom is -0.342 e. The number of carbonyl (C=O) groups excluding carboxylic acids is 2. The van der Waals surface area contributed by atoms with E-state index in [0.29, 0.717) is 5.56 Å². The van der Waals surface area contributed by atoms with Gasteiger partial charge in [0.2, 0.25) is 5.91 Å². The molecule has 0 saturated heterocycles. The lowest BCUT2D eigenvalue weighted by Crippen LogP contribution is -2.30. The third-order valence-electron chi connectivity index (χ3n) is 2.40. The number of hydrogen-bond acceptors (Lipinski definition) is 2. The fourth-order valence-electron chi connectivity index (χ4n) is 1.33. The number of rotatable bonds is 3. The van der Waals surface area contributed by atoms with Crippen LogP contribution in [0.2, 0.25) is 0 Å². The first-order valence-electron chi connectivity index (χ1n) is 5.39. The lowest BCUT2D eigenvalue weighted by molar-refractivity contribution is -0.167.